The molecule has 1 atom stereocenters. The number of ether oxygens (including phenoxy) is 1. The predicted octanol–water partition coefficient (Wildman–Crippen LogP) is 4.73. The van der Waals surface area contributed by atoms with E-state index in [1.807, 2.05) is 44.2 Å². The van der Waals surface area contributed by atoms with Crippen molar-refractivity contribution in [2.45, 2.75) is 20.0 Å². The summed E-state index contributed by atoms with van der Waals surface area (Å²) in [5.74, 6) is 0.709. The summed E-state index contributed by atoms with van der Waals surface area (Å²) in [6.07, 6.45) is -0.744. The lowest BCUT2D eigenvalue weighted by molar-refractivity contribution is 0.212. The van der Waals surface area contributed by atoms with Crippen LogP contribution in [0.25, 0.3) is 0 Å². The zero-order valence-electron chi connectivity index (χ0n) is 11.4. The molecule has 1 unspecified atom stereocenters. The number of rotatable bonds is 4. The lowest BCUT2D eigenvalue weighted by atomic mass is 9.99. The summed E-state index contributed by atoms with van der Waals surface area (Å²) in [4.78, 5) is 0. The lowest BCUT2D eigenvalue weighted by Gasteiger charge is -2.17. The molecule has 2 nitrogen and oxygen atoms in total. The van der Waals surface area contributed by atoms with Crippen molar-refractivity contribution in [2.24, 2.45) is 0 Å². The van der Waals surface area contributed by atoms with Gasteiger partial charge in [0.05, 0.1) is 11.6 Å². The molecule has 4 heteroatoms. The molecule has 0 saturated heterocycles. The van der Waals surface area contributed by atoms with Gasteiger partial charge < -0.3 is 9.84 Å². The van der Waals surface area contributed by atoms with Crippen LogP contribution in [0.2, 0.25) is 5.02 Å². The predicted molar refractivity (Wildman–Crippen MR) is 90.6 cm³/mol. The maximum atomic E-state index is 10.6. The molecule has 0 amide bonds. The molecular formula is C16H16ClIO2. The van der Waals surface area contributed by atoms with Crippen LogP contribution in [0, 0.1) is 10.5 Å². The Balaban J connectivity index is 2.43. The molecule has 0 aliphatic heterocycles. The van der Waals surface area contributed by atoms with Gasteiger partial charge in [-0.1, -0.05) is 29.3 Å². The normalized spacial score (nSPS) is 12.2. The van der Waals surface area contributed by atoms with Crippen molar-refractivity contribution >= 4 is 34.2 Å². The van der Waals surface area contributed by atoms with Crippen LogP contribution in [0.4, 0.5) is 0 Å². The Morgan fingerprint density at radius 3 is 2.65 bits per heavy atom. The fourth-order valence-electron chi connectivity index (χ4n) is 2.03. The van der Waals surface area contributed by atoms with Gasteiger partial charge in [-0.15, -0.1) is 0 Å². The molecule has 0 saturated carbocycles. The first kappa shape index (κ1) is 15.6. The molecule has 1 N–H and O–H groups in total. The van der Waals surface area contributed by atoms with E-state index in [1.165, 1.54) is 0 Å². The van der Waals surface area contributed by atoms with Gasteiger partial charge in [0.2, 0.25) is 0 Å². The molecule has 0 aliphatic carbocycles. The second-order valence-corrected chi connectivity index (χ2v) is 6.12. The summed E-state index contributed by atoms with van der Waals surface area (Å²) in [5.41, 5.74) is 2.62. The topological polar surface area (TPSA) is 29.5 Å². The molecule has 0 spiro atoms. The highest BCUT2D eigenvalue weighted by atomic mass is 127. The summed E-state index contributed by atoms with van der Waals surface area (Å²) in [6, 6.07) is 11.4. The fraction of sp³-hybridized carbons (Fsp3) is 0.250. The molecule has 0 aromatic heterocycles. The average Bonchev–Trinajstić information content (AvgIpc) is 2.43. The van der Waals surface area contributed by atoms with Crippen LogP contribution in [0.15, 0.2) is 36.4 Å². The van der Waals surface area contributed by atoms with Crippen molar-refractivity contribution in [3.63, 3.8) is 0 Å². The minimum absolute atomic E-state index is 0.566. The Bertz CT molecular complexity index is 613. The number of aliphatic hydroxyl groups excluding tert-OH is 1. The highest BCUT2D eigenvalue weighted by molar-refractivity contribution is 14.1. The molecule has 20 heavy (non-hydrogen) atoms. The van der Waals surface area contributed by atoms with Crippen LogP contribution in [0.5, 0.6) is 5.75 Å². The quantitative estimate of drug-likeness (QED) is 0.749. The van der Waals surface area contributed by atoms with Gasteiger partial charge in [0.1, 0.15) is 11.9 Å². The van der Waals surface area contributed by atoms with E-state index in [4.69, 9.17) is 16.3 Å². The van der Waals surface area contributed by atoms with E-state index in [2.05, 4.69) is 22.6 Å². The highest BCUT2D eigenvalue weighted by Gasteiger charge is 2.16. The number of benzene rings is 2. The highest BCUT2D eigenvalue weighted by Crippen LogP contribution is 2.33. The maximum Gasteiger partial charge on any atom is 0.125 e. The number of halogens is 2. The van der Waals surface area contributed by atoms with E-state index in [-0.39, 0.29) is 0 Å². The molecule has 0 heterocycles. The van der Waals surface area contributed by atoms with Crippen LogP contribution in [-0.4, -0.2) is 11.7 Å². The van der Waals surface area contributed by atoms with E-state index >= 15 is 0 Å². The van der Waals surface area contributed by atoms with Gasteiger partial charge in [0, 0.05) is 9.13 Å². The van der Waals surface area contributed by atoms with Crippen LogP contribution in [0.3, 0.4) is 0 Å². The van der Waals surface area contributed by atoms with Crippen LogP contribution in [0.1, 0.15) is 29.7 Å². The van der Waals surface area contributed by atoms with Gasteiger partial charge in [-0.2, -0.15) is 0 Å². The maximum absolute atomic E-state index is 10.6. The molecule has 0 aliphatic rings. The second-order valence-electron chi connectivity index (χ2n) is 4.55. The zero-order chi connectivity index (χ0) is 14.7. The van der Waals surface area contributed by atoms with Crippen molar-refractivity contribution in [3.05, 3.63) is 61.7 Å². The fourth-order valence-corrected chi connectivity index (χ4v) is 2.56. The van der Waals surface area contributed by atoms with E-state index in [0.29, 0.717) is 17.4 Å². The smallest absolute Gasteiger partial charge is 0.125 e. The van der Waals surface area contributed by atoms with E-state index < -0.39 is 6.10 Å². The average molecular weight is 403 g/mol. The van der Waals surface area contributed by atoms with Gasteiger partial charge in [-0.05, 0) is 66.3 Å². The van der Waals surface area contributed by atoms with E-state index in [0.717, 1.165) is 20.3 Å². The largest absolute Gasteiger partial charge is 0.493 e. The molecular weight excluding hydrogens is 387 g/mol. The molecule has 0 fully saturated rings. The second kappa shape index (κ2) is 6.78. The Morgan fingerprint density at radius 1 is 1.25 bits per heavy atom. The minimum atomic E-state index is -0.744. The Morgan fingerprint density at radius 2 is 2.00 bits per heavy atom. The summed E-state index contributed by atoms with van der Waals surface area (Å²) < 4.78 is 6.56. The number of hydrogen-bond donors (Lipinski definition) is 1. The first-order valence-electron chi connectivity index (χ1n) is 6.39. The third-order valence-corrected chi connectivity index (χ3v) is 4.59. The summed E-state index contributed by atoms with van der Waals surface area (Å²) in [7, 11) is 0. The summed E-state index contributed by atoms with van der Waals surface area (Å²) in [6.45, 7) is 4.49. The molecule has 2 rings (SSSR count). The third-order valence-electron chi connectivity index (χ3n) is 3.02. The summed E-state index contributed by atoms with van der Waals surface area (Å²) >= 11 is 8.29. The molecule has 0 bridgehead atoms. The minimum Gasteiger partial charge on any atom is -0.493 e. The van der Waals surface area contributed by atoms with Gasteiger partial charge in [0.25, 0.3) is 0 Å². The molecule has 2 aromatic carbocycles. The molecule has 106 valence electrons. The third kappa shape index (κ3) is 3.45. The van der Waals surface area contributed by atoms with Crippen molar-refractivity contribution in [3.8, 4) is 5.75 Å². The molecule has 2 aromatic rings. The standard InChI is InChI=1S/C16H16ClIO2/c1-3-20-15-7-4-10(2)8-12(15)16(19)11-5-6-14(18)13(17)9-11/h4-9,16,19H,3H2,1-2H3. The van der Waals surface area contributed by atoms with Crippen molar-refractivity contribution in [1.82, 2.24) is 0 Å². The molecule has 0 radical (unpaired) electrons. The SMILES string of the molecule is CCOc1ccc(C)cc1C(O)c1ccc(I)c(Cl)c1. The first-order valence-corrected chi connectivity index (χ1v) is 7.85. The first-order chi connectivity index (χ1) is 9.52. The Kier molecular flexibility index (Phi) is 5.29. The Hall–Kier alpha value is -0.780. The van der Waals surface area contributed by atoms with Crippen LogP contribution < -0.4 is 4.74 Å². The van der Waals surface area contributed by atoms with Gasteiger partial charge in [-0.3, -0.25) is 0 Å². The van der Waals surface area contributed by atoms with Crippen molar-refractivity contribution < 1.29 is 9.84 Å². The van der Waals surface area contributed by atoms with Crippen molar-refractivity contribution in [1.29, 1.82) is 0 Å². The number of aryl methyl sites for hydroxylation is 1. The van der Waals surface area contributed by atoms with Gasteiger partial charge in [-0.25, -0.2) is 0 Å². The van der Waals surface area contributed by atoms with E-state index in [9.17, 15) is 5.11 Å². The Labute approximate surface area is 137 Å². The van der Waals surface area contributed by atoms with Crippen LogP contribution in [-0.2, 0) is 0 Å². The van der Waals surface area contributed by atoms with Gasteiger partial charge >= 0.3 is 0 Å². The number of aliphatic hydroxyl groups is 1. The van der Waals surface area contributed by atoms with Gasteiger partial charge in [0.15, 0.2) is 0 Å². The monoisotopic (exact) mass is 402 g/mol. The zero-order valence-corrected chi connectivity index (χ0v) is 14.3. The van der Waals surface area contributed by atoms with E-state index in [1.54, 1.807) is 6.07 Å². The lowest BCUT2D eigenvalue weighted by Crippen LogP contribution is -2.04. The van der Waals surface area contributed by atoms with Crippen molar-refractivity contribution in [2.75, 3.05) is 6.61 Å². The van der Waals surface area contributed by atoms with Crippen LogP contribution >= 0.6 is 34.2 Å². The summed E-state index contributed by atoms with van der Waals surface area (Å²) in [5, 5.41) is 11.2. The number of hydrogen-bond acceptors (Lipinski definition) is 2.